The number of carboxylic acid groups (broad SMARTS) is 1. The van der Waals surface area contributed by atoms with Crippen molar-refractivity contribution in [3.05, 3.63) is 56.3 Å². The summed E-state index contributed by atoms with van der Waals surface area (Å²) in [5, 5.41) is 22.5. The number of esters is 1. The highest BCUT2D eigenvalue weighted by atomic mass is 35.5. The predicted molar refractivity (Wildman–Crippen MR) is 88.8 cm³/mol. The molecule has 1 aromatic carbocycles. The van der Waals surface area contributed by atoms with Crippen molar-refractivity contribution in [2.24, 2.45) is 0 Å². The molecule has 0 amide bonds. The van der Waals surface area contributed by atoms with E-state index in [0.717, 1.165) is 0 Å². The summed E-state index contributed by atoms with van der Waals surface area (Å²) in [5.41, 5.74) is 0.783. The number of methoxy groups -OCH3 is 1. The zero-order chi connectivity index (χ0) is 18.0. The molecule has 0 fully saturated rings. The first-order valence-corrected chi connectivity index (χ1v) is 7.65. The van der Waals surface area contributed by atoms with Crippen LogP contribution in [-0.4, -0.2) is 35.9 Å². The first-order valence-electron chi connectivity index (χ1n) is 6.90. The van der Waals surface area contributed by atoms with Crippen LogP contribution < -0.4 is 5.32 Å². The van der Waals surface area contributed by atoms with Gasteiger partial charge in [0.15, 0.2) is 0 Å². The SMILES string of the molecule is COC(=O)C1=C(CO)NC(C)=C(C(=O)O)C1c1ccc(Cl)cc1Cl. The second-order valence-corrected chi connectivity index (χ2v) is 5.95. The molecule has 8 heteroatoms. The molecule has 0 bridgehead atoms. The molecule has 3 N–H and O–H groups in total. The molecule has 0 saturated heterocycles. The second-order valence-electron chi connectivity index (χ2n) is 5.11. The molecule has 1 aliphatic heterocycles. The van der Waals surface area contributed by atoms with Crippen LogP contribution in [0.25, 0.3) is 0 Å². The minimum atomic E-state index is -1.21. The van der Waals surface area contributed by atoms with Crippen LogP contribution in [0.1, 0.15) is 18.4 Å². The van der Waals surface area contributed by atoms with E-state index < -0.39 is 24.5 Å². The second kappa shape index (κ2) is 7.25. The highest BCUT2D eigenvalue weighted by Crippen LogP contribution is 2.41. The number of aliphatic hydroxyl groups is 1. The van der Waals surface area contributed by atoms with Crippen molar-refractivity contribution in [2.75, 3.05) is 13.7 Å². The Kier molecular flexibility index (Phi) is 5.54. The van der Waals surface area contributed by atoms with Crippen LogP contribution >= 0.6 is 23.2 Å². The quantitative estimate of drug-likeness (QED) is 0.703. The number of hydrogen-bond donors (Lipinski definition) is 3. The highest BCUT2D eigenvalue weighted by molar-refractivity contribution is 6.35. The van der Waals surface area contributed by atoms with Crippen molar-refractivity contribution in [1.82, 2.24) is 5.32 Å². The van der Waals surface area contributed by atoms with Crippen molar-refractivity contribution in [2.45, 2.75) is 12.8 Å². The van der Waals surface area contributed by atoms with Gasteiger partial charge in [-0.25, -0.2) is 9.59 Å². The number of halogens is 2. The largest absolute Gasteiger partial charge is 0.478 e. The first kappa shape index (κ1) is 18.3. The Morgan fingerprint density at radius 2 is 1.96 bits per heavy atom. The van der Waals surface area contributed by atoms with Gasteiger partial charge in [0.05, 0.1) is 36.5 Å². The summed E-state index contributed by atoms with van der Waals surface area (Å²) in [6.07, 6.45) is 0. The van der Waals surface area contributed by atoms with Gasteiger partial charge in [-0.15, -0.1) is 0 Å². The van der Waals surface area contributed by atoms with Gasteiger partial charge in [-0.05, 0) is 24.6 Å². The molecule has 2 rings (SSSR count). The number of aliphatic carboxylic acids is 1. The van der Waals surface area contributed by atoms with E-state index in [4.69, 9.17) is 27.9 Å². The minimum Gasteiger partial charge on any atom is -0.478 e. The molecule has 1 aliphatic rings. The van der Waals surface area contributed by atoms with E-state index in [9.17, 15) is 19.8 Å². The molecule has 24 heavy (non-hydrogen) atoms. The molecule has 6 nitrogen and oxygen atoms in total. The number of hydrogen-bond acceptors (Lipinski definition) is 5. The zero-order valence-electron chi connectivity index (χ0n) is 12.9. The average molecular weight is 372 g/mol. The summed E-state index contributed by atoms with van der Waals surface area (Å²) in [7, 11) is 1.18. The summed E-state index contributed by atoms with van der Waals surface area (Å²) in [4.78, 5) is 24.0. The van der Waals surface area contributed by atoms with E-state index >= 15 is 0 Å². The summed E-state index contributed by atoms with van der Waals surface area (Å²) >= 11 is 12.1. The van der Waals surface area contributed by atoms with Crippen LogP contribution in [0, 0.1) is 0 Å². The number of benzene rings is 1. The Labute approximate surface area is 148 Å². The number of dihydropyridines is 1. The average Bonchev–Trinajstić information content (AvgIpc) is 2.52. The van der Waals surface area contributed by atoms with Crippen molar-refractivity contribution >= 4 is 35.1 Å². The summed E-state index contributed by atoms with van der Waals surface area (Å²) in [6.45, 7) is 1.06. The molecule has 1 heterocycles. The molecule has 0 saturated carbocycles. The number of rotatable bonds is 4. The number of aliphatic hydroxyl groups excluding tert-OH is 1. The van der Waals surface area contributed by atoms with Crippen LogP contribution in [0.4, 0.5) is 0 Å². The Morgan fingerprint density at radius 1 is 1.29 bits per heavy atom. The van der Waals surface area contributed by atoms with Gasteiger partial charge in [-0.1, -0.05) is 29.3 Å². The van der Waals surface area contributed by atoms with E-state index in [1.54, 1.807) is 19.1 Å². The Morgan fingerprint density at radius 3 is 2.46 bits per heavy atom. The number of carbonyl (C=O) groups is 2. The number of carbonyl (C=O) groups excluding carboxylic acids is 1. The lowest BCUT2D eigenvalue weighted by Crippen LogP contribution is -2.33. The predicted octanol–water partition coefficient (Wildman–Crippen LogP) is 2.46. The maximum atomic E-state index is 12.3. The molecule has 0 radical (unpaired) electrons. The fourth-order valence-corrected chi connectivity index (χ4v) is 3.22. The normalized spacial score (nSPS) is 17.6. The maximum Gasteiger partial charge on any atom is 0.336 e. The Balaban J connectivity index is 2.78. The van der Waals surface area contributed by atoms with Crippen LogP contribution in [0.2, 0.25) is 10.0 Å². The van der Waals surface area contributed by atoms with Gasteiger partial charge < -0.3 is 20.3 Å². The Hall–Kier alpha value is -2.02. The van der Waals surface area contributed by atoms with E-state index in [-0.39, 0.29) is 21.9 Å². The molecule has 0 aliphatic carbocycles. The molecular formula is C16H15Cl2NO5. The smallest absolute Gasteiger partial charge is 0.336 e. The van der Waals surface area contributed by atoms with Crippen LogP contribution in [0.5, 0.6) is 0 Å². The number of nitrogens with one attached hydrogen (secondary N) is 1. The lowest BCUT2D eigenvalue weighted by Gasteiger charge is -2.30. The van der Waals surface area contributed by atoms with E-state index in [1.807, 2.05) is 0 Å². The molecule has 0 spiro atoms. The fourth-order valence-electron chi connectivity index (χ4n) is 2.70. The van der Waals surface area contributed by atoms with Crippen molar-refractivity contribution in [3.8, 4) is 0 Å². The van der Waals surface area contributed by atoms with Crippen LogP contribution in [0.3, 0.4) is 0 Å². The number of ether oxygens (including phenoxy) is 1. The topological polar surface area (TPSA) is 95.9 Å². The molecule has 1 atom stereocenters. The van der Waals surface area contributed by atoms with E-state index in [0.29, 0.717) is 16.3 Å². The van der Waals surface area contributed by atoms with Gasteiger partial charge in [-0.3, -0.25) is 0 Å². The molecule has 1 aromatic rings. The lowest BCUT2D eigenvalue weighted by atomic mass is 9.80. The van der Waals surface area contributed by atoms with Gasteiger partial charge in [0.2, 0.25) is 0 Å². The van der Waals surface area contributed by atoms with Gasteiger partial charge in [0.25, 0.3) is 0 Å². The van der Waals surface area contributed by atoms with Crippen molar-refractivity contribution < 1.29 is 24.5 Å². The molecule has 1 unspecified atom stereocenters. The maximum absolute atomic E-state index is 12.3. The van der Waals surface area contributed by atoms with E-state index in [1.165, 1.54) is 13.2 Å². The third-order valence-corrected chi connectivity index (χ3v) is 4.27. The van der Waals surface area contributed by atoms with Gasteiger partial charge >= 0.3 is 11.9 Å². The van der Waals surface area contributed by atoms with Crippen molar-refractivity contribution in [3.63, 3.8) is 0 Å². The monoisotopic (exact) mass is 371 g/mol. The highest BCUT2D eigenvalue weighted by Gasteiger charge is 2.38. The minimum absolute atomic E-state index is 0.00720. The number of carboxylic acids is 1. The lowest BCUT2D eigenvalue weighted by molar-refractivity contribution is -0.136. The third kappa shape index (κ3) is 3.26. The number of allylic oxidation sites excluding steroid dienone is 1. The summed E-state index contributed by atoms with van der Waals surface area (Å²) < 4.78 is 4.77. The molecular weight excluding hydrogens is 357 g/mol. The van der Waals surface area contributed by atoms with Gasteiger partial charge in [-0.2, -0.15) is 0 Å². The fraction of sp³-hybridized carbons (Fsp3) is 0.250. The Bertz CT molecular complexity index is 770. The van der Waals surface area contributed by atoms with Crippen LogP contribution in [-0.2, 0) is 14.3 Å². The first-order chi connectivity index (χ1) is 11.3. The van der Waals surface area contributed by atoms with E-state index in [2.05, 4.69) is 5.32 Å². The van der Waals surface area contributed by atoms with Crippen LogP contribution in [0.15, 0.2) is 40.7 Å². The zero-order valence-corrected chi connectivity index (χ0v) is 14.4. The standard InChI is InChI=1S/C16H15Cl2NO5/c1-7-12(15(21)22)13(9-4-3-8(17)5-10(9)18)14(16(23)24-2)11(6-20)19-7/h3-5,13,19-20H,6H2,1-2H3,(H,21,22). The third-order valence-electron chi connectivity index (χ3n) is 3.71. The summed E-state index contributed by atoms with van der Waals surface area (Å²) in [6, 6.07) is 4.56. The molecule has 0 aromatic heterocycles. The van der Waals surface area contributed by atoms with Crippen molar-refractivity contribution in [1.29, 1.82) is 0 Å². The van der Waals surface area contributed by atoms with Gasteiger partial charge in [0, 0.05) is 15.7 Å². The van der Waals surface area contributed by atoms with Gasteiger partial charge in [0.1, 0.15) is 0 Å². The summed E-state index contributed by atoms with van der Waals surface area (Å²) in [5.74, 6) is -2.97. The molecule has 128 valence electrons.